The van der Waals surface area contributed by atoms with Crippen molar-refractivity contribution in [3.8, 4) is 0 Å². The fourth-order valence-electron chi connectivity index (χ4n) is 2.11. The Morgan fingerprint density at radius 3 is 2.12 bits per heavy atom. The van der Waals surface area contributed by atoms with Crippen molar-refractivity contribution in [2.75, 3.05) is 0 Å². The van der Waals surface area contributed by atoms with Gasteiger partial charge in [-0.05, 0) is 37.5 Å². The average Bonchev–Trinajstić information content (AvgIpc) is 2.26. The molecule has 0 aromatic carbocycles. The first kappa shape index (κ1) is 15.7. The van der Waals surface area contributed by atoms with Gasteiger partial charge in [-0.25, -0.2) is 0 Å². The minimum Gasteiger partial charge on any atom is -0.0825 e. The maximum atomic E-state index is 2.50. The summed E-state index contributed by atoms with van der Waals surface area (Å²) in [5, 5.41) is 0. The molecule has 0 saturated carbocycles. The number of rotatable bonds is 8. The first-order valence-corrected chi connectivity index (χ1v) is 7.19. The molecule has 0 aliphatic heterocycles. The molecule has 0 aromatic heterocycles. The molecule has 0 rings (SSSR count). The van der Waals surface area contributed by atoms with Gasteiger partial charge in [-0.15, -0.1) is 0 Å². The second-order valence-corrected chi connectivity index (χ2v) is 5.67. The normalized spacial score (nSPS) is 18.2. The fourth-order valence-corrected chi connectivity index (χ4v) is 2.11. The van der Waals surface area contributed by atoms with Crippen molar-refractivity contribution in [3.05, 3.63) is 11.6 Å². The highest BCUT2D eigenvalue weighted by molar-refractivity contribution is 5.03. The lowest BCUT2D eigenvalue weighted by Crippen LogP contribution is -2.01. The summed E-state index contributed by atoms with van der Waals surface area (Å²) in [7, 11) is 0. The predicted octanol–water partition coefficient (Wildman–Crippen LogP) is 5.83. The van der Waals surface area contributed by atoms with E-state index < -0.39 is 0 Å². The summed E-state index contributed by atoms with van der Waals surface area (Å²) in [6.45, 7) is 14.0. The van der Waals surface area contributed by atoms with Crippen molar-refractivity contribution in [2.24, 2.45) is 17.8 Å². The van der Waals surface area contributed by atoms with E-state index in [2.05, 4.69) is 47.6 Å². The Labute approximate surface area is 104 Å². The summed E-state index contributed by atoms with van der Waals surface area (Å²) in [6, 6.07) is 0. The van der Waals surface area contributed by atoms with Crippen LogP contribution in [0.15, 0.2) is 11.6 Å². The van der Waals surface area contributed by atoms with Crippen LogP contribution in [0.4, 0.5) is 0 Å². The Hall–Kier alpha value is -0.260. The van der Waals surface area contributed by atoms with E-state index in [1.807, 2.05) is 0 Å². The van der Waals surface area contributed by atoms with Gasteiger partial charge >= 0.3 is 0 Å². The van der Waals surface area contributed by atoms with Crippen molar-refractivity contribution >= 4 is 0 Å². The Balaban J connectivity index is 3.99. The average molecular weight is 224 g/mol. The van der Waals surface area contributed by atoms with E-state index in [-0.39, 0.29) is 0 Å². The fraction of sp³-hybridized carbons (Fsp3) is 0.875. The zero-order chi connectivity index (χ0) is 12.6. The number of hydrogen-bond acceptors (Lipinski definition) is 0. The van der Waals surface area contributed by atoms with E-state index >= 15 is 0 Å². The molecule has 0 saturated heterocycles. The molecule has 0 aliphatic carbocycles. The van der Waals surface area contributed by atoms with E-state index in [4.69, 9.17) is 0 Å². The van der Waals surface area contributed by atoms with Crippen molar-refractivity contribution in [1.29, 1.82) is 0 Å². The summed E-state index contributed by atoms with van der Waals surface area (Å²) >= 11 is 0. The monoisotopic (exact) mass is 224 g/mol. The number of hydrogen-bond donors (Lipinski definition) is 0. The van der Waals surface area contributed by atoms with E-state index in [0.29, 0.717) is 0 Å². The third kappa shape index (κ3) is 7.09. The Morgan fingerprint density at radius 2 is 1.62 bits per heavy atom. The molecule has 0 heteroatoms. The van der Waals surface area contributed by atoms with Crippen molar-refractivity contribution in [2.45, 2.75) is 73.6 Å². The molecular weight excluding hydrogens is 192 g/mol. The van der Waals surface area contributed by atoms with Crippen LogP contribution < -0.4 is 0 Å². The Bertz CT molecular complexity index is 190. The SMILES string of the molecule is CCCC(C)C(C)=CC(C)CCC(C)CC. The van der Waals surface area contributed by atoms with E-state index in [0.717, 1.165) is 17.8 Å². The van der Waals surface area contributed by atoms with Gasteiger partial charge < -0.3 is 0 Å². The van der Waals surface area contributed by atoms with Crippen molar-refractivity contribution in [3.63, 3.8) is 0 Å². The van der Waals surface area contributed by atoms with Gasteiger partial charge in [0.05, 0.1) is 0 Å². The molecule has 0 fully saturated rings. The van der Waals surface area contributed by atoms with Gasteiger partial charge in [0.25, 0.3) is 0 Å². The third-order valence-corrected chi connectivity index (χ3v) is 3.86. The molecule has 0 radical (unpaired) electrons. The summed E-state index contributed by atoms with van der Waals surface area (Å²) in [5.41, 5.74) is 1.60. The number of allylic oxidation sites excluding steroid dienone is 2. The van der Waals surface area contributed by atoms with Gasteiger partial charge in [-0.2, -0.15) is 0 Å². The smallest absolute Gasteiger partial charge is 0.0234 e. The zero-order valence-corrected chi connectivity index (χ0v) is 12.3. The molecule has 3 atom stereocenters. The molecule has 0 nitrogen and oxygen atoms in total. The molecule has 0 amide bonds. The van der Waals surface area contributed by atoms with Gasteiger partial charge in [0.1, 0.15) is 0 Å². The molecule has 0 spiro atoms. The summed E-state index contributed by atoms with van der Waals surface area (Å²) < 4.78 is 0. The van der Waals surface area contributed by atoms with Gasteiger partial charge in [0, 0.05) is 0 Å². The van der Waals surface area contributed by atoms with Crippen LogP contribution in [0, 0.1) is 17.8 Å². The molecule has 0 heterocycles. The second-order valence-electron chi connectivity index (χ2n) is 5.67. The van der Waals surface area contributed by atoms with Crippen molar-refractivity contribution < 1.29 is 0 Å². The van der Waals surface area contributed by atoms with Crippen molar-refractivity contribution in [1.82, 2.24) is 0 Å². The van der Waals surface area contributed by atoms with Crippen LogP contribution in [0.2, 0.25) is 0 Å². The van der Waals surface area contributed by atoms with Crippen LogP contribution in [0.1, 0.15) is 73.6 Å². The molecule has 16 heavy (non-hydrogen) atoms. The van der Waals surface area contributed by atoms with Crippen LogP contribution >= 0.6 is 0 Å². The minimum absolute atomic E-state index is 0.758. The Kier molecular flexibility index (Phi) is 8.70. The standard InChI is InChI=1S/C16H32/c1-7-9-15(5)16(6)12-14(4)11-10-13(3)8-2/h12-15H,7-11H2,1-6H3. The second kappa shape index (κ2) is 8.84. The van der Waals surface area contributed by atoms with Gasteiger partial charge in [0.15, 0.2) is 0 Å². The summed E-state index contributed by atoms with van der Waals surface area (Å²) in [4.78, 5) is 0. The molecule has 0 N–H and O–H groups in total. The lowest BCUT2D eigenvalue weighted by molar-refractivity contribution is 0.456. The van der Waals surface area contributed by atoms with Gasteiger partial charge in [0.2, 0.25) is 0 Å². The topological polar surface area (TPSA) is 0 Å². The molecule has 0 bridgehead atoms. The first-order valence-electron chi connectivity index (χ1n) is 7.19. The predicted molar refractivity (Wildman–Crippen MR) is 75.7 cm³/mol. The third-order valence-electron chi connectivity index (χ3n) is 3.86. The minimum atomic E-state index is 0.758. The van der Waals surface area contributed by atoms with Crippen LogP contribution in [0.5, 0.6) is 0 Å². The summed E-state index contributed by atoms with van der Waals surface area (Å²) in [5.74, 6) is 2.42. The highest BCUT2D eigenvalue weighted by Crippen LogP contribution is 2.21. The first-order chi connectivity index (χ1) is 7.51. The largest absolute Gasteiger partial charge is 0.0825 e. The highest BCUT2D eigenvalue weighted by atomic mass is 14.1. The zero-order valence-electron chi connectivity index (χ0n) is 12.3. The van der Waals surface area contributed by atoms with E-state index in [9.17, 15) is 0 Å². The molecule has 0 aromatic rings. The molecular formula is C16H32. The van der Waals surface area contributed by atoms with Crippen LogP contribution in [0.25, 0.3) is 0 Å². The van der Waals surface area contributed by atoms with E-state index in [1.54, 1.807) is 5.57 Å². The van der Waals surface area contributed by atoms with Crippen LogP contribution in [-0.4, -0.2) is 0 Å². The molecule has 3 unspecified atom stereocenters. The van der Waals surface area contributed by atoms with Gasteiger partial charge in [-0.1, -0.05) is 65.5 Å². The van der Waals surface area contributed by atoms with Crippen LogP contribution in [0.3, 0.4) is 0 Å². The quantitative estimate of drug-likeness (QED) is 0.455. The summed E-state index contributed by atoms with van der Waals surface area (Å²) in [6.07, 6.45) is 9.19. The maximum absolute atomic E-state index is 2.50. The lowest BCUT2D eigenvalue weighted by Gasteiger charge is -2.15. The van der Waals surface area contributed by atoms with Gasteiger partial charge in [-0.3, -0.25) is 0 Å². The lowest BCUT2D eigenvalue weighted by atomic mass is 9.91. The molecule has 96 valence electrons. The molecule has 0 aliphatic rings. The van der Waals surface area contributed by atoms with Crippen LogP contribution in [-0.2, 0) is 0 Å². The maximum Gasteiger partial charge on any atom is -0.0234 e. The Morgan fingerprint density at radius 1 is 1.00 bits per heavy atom. The highest BCUT2D eigenvalue weighted by Gasteiger charge is 2.07. The van der Waals surface area contributed by atoms with E-state index in [1.165, 1.54) is 32.1 Å².